The maximum absolute atomic E-state index is 12.7. The lowest BCUT2D eigenvalue weighted by Crippen LogP contribution is -2.71. The van der Waals surface area contributed by atoms with Crippen molar-refractivity contribution in [2.75, 3.05) is 13.2 Å². The highest BCUT2D eigenvalue weighted by molar-refractivity contribution is 5.22. The molecule has 3 aliphatic heterocycles. The van der Waals surface area contributed by atoms with E-state index in [1.807, 2.05) is 34.6 Å². The van der Waals surface area contributed by atoms with Gasteiger partial charge in [-0.05, 0) is 124 Å². The van der Waals surface area contributed by atoms with Crippen molar-refractivity contribution >= 4 is 0 Å². The maximum atomic E-state index is 12.7. The molecule has 0 spiro atoms. The van der Waals surface area contributed by atoms with E-state index in [0.29, 0.717) is 44.9 Å². The molecule has 66 heavy (non-hydrogen) atoms. The van der Waals surface area contributed by atoms with Gasteiger partial charge < -0.3 is 89.7 Å². The molecule has 7 rings (SSSR count). The normalized spacial score (nSPS) is 53.5. The van der Waals surface area contributed by atoms with E-state index < -0.39 is 157 Å². The Morgan fingerprint density at radius 3 is 1.86 bits per heavy atom. The van der Waals surface area contributed by atoms with Crippen LogP contribution in [0.4, 0.5) is 0 Å². The minimum absolute atomic E-state index is 0.115. The predicted octanol–water partition coefficient (Wildman–Crippen LogP) is -0.0284. The van der Waals surface area contributed by atoms with Crippen LogP contribution in [0.3, 0.4) is 0 Å². The van der Waals surface area contributed by atoms with E-state index in [-0.39, 0.29) is 17.8 Å². The molecular weight excluding hydrogens is 865 g/mol. The van der Waals surface area contributed by atoms with Crippen LogP contribution in [-0.2, 0) is 28.4 Å². The van der Waals surface area contributed by atoms with Crippen molar-refractivity contribution in [3.8, 4) is 0 Å². The zero-order valence-corrected chi connectivity index (χ0v) is 40.2. The summed E-state index contributed by atoms with van der Waals surface area (Å²) >= 11 is 0. The minimum Gasteiger partial charge on any atom is -0.394 e. The van der Waals surface area contributed by atoms with Gasteiger partial charge in [-0.15, -0.1) is 0 Å². The summed E-state index contributed by atoms with van der Waals surface area (Å²) in [6.45, 7) is 16.8. The smallest absolute Gasteiger partial charge is 0.187 e. The zero-order valence-electron chi connectivity index (χ0n) is 40.2. The third-order valence-electron chi connectivity index (χ3n) is 18.6. The van der Waals surface area contributed by atoms with Crippen LogP contribution in [0.5, 0.6) is 0 Å². The van der Waals surface area contributed by atoms with E-state index in [4.69, 9.17) is 28.4 Å². The van der Waals surface area contributed by atoms with Gasteiger partial charge in [0, 0.05) is 0 Å². The highest BCUT2D eigenvalue weighted by Gasteiger charge is 2.74. The third kappa shape index (κ3) is 8.79. The topological polar surface area (TPSA) is 298 Å². The number of rotatable bonds is 12. The first-order chi connectivity index (χ1) is 30.7. The second-order valence-corrected chi connectivity index (χ2v) is 23.1. The molecule has 0 bridgehead atoms. The molecule has 7 fully saturated rings. The van der Waals surface area contributed by atoms with Crippen LogP contribution in [0.1, 0.15) is 114 Å². The maximum Gasteiger partial charge on any atom is 0.187 e. The lowest BCUT2D eigenvalue weighted by Gasteiger charge is -2.72. The molecule has 4 aliphatic carbocycles. The summed E-state index contributed by atoms with van der Waals surface area (Å²) in [5.74, 6) is -1.06. The Morgan fingerprint density at radius 1 is 0.682 bits per heavy atom. The molecule has 26 atom stereocenters. The largest absolute Gasteiger partial charge is 0.394 e. The first kappa shape index (κ1) is 52.8. The standard InChI is InChI=1S/C48H82O18/c1-21(2)11-10-14-48(9,60)23-12-16-46(7)30(23)25(62-42-38(59)35(56)32(53)26(19-49)63-42)17-28-45(6)15-13-29(44(4,5)40(45)24(51)18-47(28,46)8)65-43-39(36(57)33(54)27(20-50)64-43)66-41-37(58)34(55)31(52)22(3)61-41/h11,22-43,49-60H,10,12-20H2,1-9H3/t22-,23-,24-,25+,26+,27+,28+,29-,30-,31-,32+,33+,34+,35-,36-,37+,38+,39+,40-,41-,42+,43-,45+,46+,47+,48-/m0/s1. The van der Waals surface area contributed by atoms with Crippen molar-refractivity contribution in [1.82, 2.24) is 0 Å². The fourth-order valence-corrected chi connectivity index (χ4v) is 14.9. The minimum atomic E-state index is -1.73. The van der Waals surface area contributed by atoms with Crippen LogP contribution in [0.25, 0.3) is 0 Å². The van der Waals surface area contributed by atoms with Gasteiger partial charge in [0.15, 0.2) is 18.9 Å². The fourth-order valence-electron chi connectivity index (χ4n) is 14.9. The number of allylic oxidation sites excluding steroid dienone is 2. The number of hydrogen-bond donors (Lipinski definition) is 12. The summed E-state index contributed by atoms with van der Waals surface area (Å²) in [6, 6.07) is 0. The van der Waals surface area contributed by atoms with Gasteiger partial charge in [-0.2, -0.15) is 0 Å². The Labute approximate surface area is 388 Å². The highest BCUT2D eigenvalue weighted by Crippen LogP contribution is 2.76. The van der Waals surface area contributed by atoms with E-state index >= 15 is 0 Å². The van der Waals surface area contributed by atoms with Gasteiger partial charge in [0.1, 0.15) is 67.1 Å². The molecule has 0 unspecified atom stereocenters. The van der Waals surface area contributed by atoms with Gasteiger partial charge in [0.2, 0.25) is 0 Å². The van der Waals surface area contributed by atoms with Crippen LogP contribution in [0.15, 0.2) is 11.6 Å². The summed E-state index contributed by atoms with van der Waals surface area (Å²) in [6.07, 6.45) is -17.9. The second-order valence-electron chi connectivity index (χ2n) is 23.1. The van der Waals surface area contributed by atoms with E-state index in [9.17, 15) is 61.3 Å². The Balaban J connectivity index is 1.21. The summed E-state index contributed by atoms with van der Waals surface area (Å²) in [4.78, 5) is 0. The summed E-state index contributed by atoms with van der Waals surface area (Å²) in [5, 5.41) is 132. The molecule has 0 aromatic carbocycles. The average Bonchev–Trinajstić information content (AvgIpc) is 3.63. The van der Waals surface area contributed by atoms with Crippen molar-refractivity contribution < 1.29 is 89.7 Å². The highest BCUT2D eigenvalue weighted by atomic mass is 16.8. The number of aliphatic hydroxyl groups is 12. The Bertz CT molecular complexity index is 1690. The van der Waals surface area contributed by atoms with Gasteiger partial charge in [-0.3, -0.25) is 0 Å². The molecular formula is C48H82O18. The SMILES string of the molecule is CC(C)=CCC[C@](C)(O)[C@H]1CC[C@]2(C)[C@@H]1[C@H](O[C@@H]1O[C@H](CO)[C@@H](O)[C@H](O)[C@H]1O)C[C@@H]1[C@@]3(C)CC[C@H](O[C@@H]4O[C@H](CO)[C@@H](O)[C@H](O)[C@H]4O[C@@H]4O[C@@H](C)[C@H](O)[C@@H](O)[C@H]4O)C(C)(C)[C@@H]3[C@@H](O)C[C@]12C. The van der Waals surface area contributed by atoms with Gasteiger partial charge in [-0.25, -0.2) is 0 Å². The van der Waals surface area contributed by atoms with E-state index in [1.54, 1.807) is 0 Å². The predicted molar refractivity (Wildman–Crippen MR) is 234 cm³/mol. The number of ether oxygens (including phenoxy) is 6. The number of hydrogen-bond acceptors (Lipinski definition) is 18. The molecule has 3 saturated heterocycles. The monoisotopic (exact) mass is 947 g/mol. The van der Waals surface area contributed by atoms with Gasteiger partial charge in [0.25, 0.3) is 0 Å². The van der Waals surface area contributed by atoms with Crippen LogP contribution in [0, 0.1) is 45.3 Å². The molecule has 3 heterocycles. The van der Waals surface area contributed by atoms with Crippen LogP contribution in [-0.4, -0.2) is 191 Å². The second kappa shape index (κ2) is 19.2. The van der Waals surface area contributed by atoms with Crippen LogP contribution >= 0.6 is 0 Å². The van der Waals surface area contributed by atoms with Crippen molar-refractivity contribution in [3.05, 3.63) is 11.6 Å². The van der Waals surface area contributed by atoms with Crippen molar-refractivity contribution in [1.29, 1.82) is 0 Å². The fraction of sp³-hybridized carbons (Fsp3) is 0.958. The van der Waals surface area contributed by atoms with E-state index in [1.165, 1.54) is 6.92 Å². The van der Waals surface area contributed by atoms with E-state index in [2.05, 4.69) is 26.8 Å². The van der Waals surface area contributed by atoms with Crippen molar-refractivity contribution in [3.63, 3.8) is 0 Å². The molecule has 12 N–H and O–H groups in total. The number of aliphatic hydroxyl groups excluding tert-OH is 11. The molecule has 0 radical (unpaired) electrons. The van der Waals surface area contributed by atoms with Crippen molar-refractivity contribution in [2.24, 2.45) is 45.3 Å². The third-order valence-corrected chi connectivity index (χ3v) is 18.6. The summed E-state index contributed by atoms with van der Waals surface area (Å²) < 4.78 is 37.5. The molecule has 7 aliphatic rings. The lowest BCUT2D eigenvalue weighted by molar-refractivity contribution is -0.378. The van der Waals surface area contributed by atoms with Gasteiger partial charge in [0.05, 0.1) is 43.2 Å². The summed E-state index contributed by atoms with van der Waals surface area (Å²) in [7, 11) is 0. The van der Waals surface area contributed by atoms with E-state index in [0.717, 1.165) is 12.0 Å². The van der Waals surface area contributed by atoms with Crippen LogP contribution in [0.2, 0.25) is 0 Å². The van der Waals surface area contributed by atoms with Gasteiger partial charge >= 0.3 is 0 Å². The quantitative estimate of drug-likeness (QED) is 0.0904. The first-order valence-corrected chi connectivity index (χ1v) is 24.3. The molecule has 0 aromatic heterocycles. The Hall–Kier alpha value is -0.980. The molecule has 0 amide bonds. The van der Waals surface area contributed by atoms with Gasteiger partial charge in [-0.1, -0.05) is 46.3 Å². The Kier molecular flexibility index (Phi) is 15.4. The Morgan fingerprint density at radius 2 is 1.26 bits per heavy atom. The molecule has 18 heteroatoms. The first-order valence-electron chi connectivity index (χ1n) is 24.3. The number of fused-ring (bicyclic) bond motifs is 5. The molecule has 382 valence electrons. The average molecular weight is 947 g/mol. The lowest BCUT2D eigenvalue weighted by atomic mass is 9.34. The molecule has 18 nitrogen and oxygen atoms in total. The summed E-state index contributed by atoms with van der Waals surface area (Å²) in [5.41, 5.74) is -2.38. The van der Waals surface area contributed by atoms with Crippen LogP contribution < -0.4 is 0 Å². The molecule has 4 saturated carbocycles. The van der Waals surface area contributed by atoms with Crippen molar-refractivity contribution in [2.45, 2.75) is 230 Å². The zero-order chi connectivity index (χ0) is 48.8. The molecule has 0 aromatic rings.